The van der Waals surface area contributed by atoms with E-state index in [0.29, 0.717) is 19.1 Å². The predicted molar refractivity (Wildman–Crippen MR) is 86.7 cm³/mol. The van der Waals surface area contributed by atoms with Crippen molar-refractivity contribution < 1.29 is 14.3 Å². The highest BCUT2D eigenvalue weighted by molar-refractivity contribution is 6.04. The monoisotopic (exact) mass is 334 g/mol. The molecule has 1 saturated heterocycles. The normalized spacial score (nSPS) is 23.5. The van der Waals surface area contributed by atoms with Crippen molar-refractivity contribution in [3.8, 4) is 0 Å². The second-order valence-electron chi connectivity index (χ2n) is 6.09. The lowest BCUT2D eigenvalue weighted by Crippen LogP contribution is -2.64. The number of methoxy groups -OCH3 is 1. The molecule has 1 N–H and O–H groups in total. The summed E-state index contributed by atoms with van der Waals surface area (Å²) in [5.41, 5.74) is 2.94. The van der Waals surface area contributed by atoms with Crippen LogP contribution in [0, 0.1) is 20.8 Å². The molecule has 0 saturated carbocycles. The van der Waals surface area contributed by atoms with Gasteiger partial charge in [-0.1, -0.05) is 0 Å². The molecule has 0 aliphatic carbocycles. The molecule has 0 aromatic carbocycles. The predicted octanol–water partition coefficient (Wildman–Crippen LogP) is -0.149. The first-order chi connectivity index (χ1) is 11.4. The Hall–Kier alpha value is -2.42. The van der Waals surface area contributed by atoms with E-state index in [1.165, 1.54) is 4.90 Å². The average Bonchev–Trinajstić information content (AvgIpc) is 3.04. The molecular weight excluding hydrogens is 312 g/mol. The van der Waals surface area contributed by atoms with Crippen molar-refractivity contribution >= 4 is 17.9 Å². The van der Waals surface area contributed by atoms with Gasteiger partial charge >= 0.3 is 6.03 Å². The number of aromatic nitrogens is 2. The van der Waals surface area contributed by atoms with Crippen LogP contribution in [0.4, 0.5) is 4.79 Å². The van der Waals surface area contributed by atoms with Crippen molar-refractivity contribution in [3.05, 3.63) is 17.0 Å². The van der Waals surface area contributed by atoms with Gasteiger partial charge in [-0.05, 0) is 26.3 Å². The maximum Gasteiger partial charge on any atom is 0.325 e. The molecule has 0 radical (unpaired) electrons. The molecule has 3 heterocycles. The minimum atomic E-state index is -0.581. The standard InChI is InChI=1S/C15H22N6O3/c1-8-9(2)18-21(10(8)3)14-16-12-11(20(14)6-7-24-5)13(22)17-15(23)19(12)4/h11-12H,6-7H2,1-5H3,(H,17,22,23). The number of aliphatic imine (C=N–C) groups is 1. The minimum Gasteiger partial charge on any atom is -0.383 e. The number of nitrogens with zero attached hydrogens (tertiary/aromatic N) is 5. The Balaban J connectivity index is 2.06. The largest absolute Gasteiger partial charge is 0.383 e. The number of hydrogen-bond acceptors (Lipinski definition) is 6. The number of carbonyl (C=O) groups is 2. The van der Waals surface area contributed by atoms with Crippen molar-refractivity contribution in [3.63, 3.8) is 0 Å². The molecule has 3 rings (SSSR count). The fraction of sp³-hybridized carbons (Fsp3) is 0.600. The lowest BCUT2D eigenvalue weighted by atomic mass is 10.1. The molecule has 1 aromatic heterocycles. The van der Waals surface area contributed by atoms with Crippen LogP contribution in [0.3, 0.4) is 0 Å². The fourth-order valence-corrected chi connectivity index (χ4v) is 3.03. The number of ether oxygens (including phenoxy) is 1. The first-order valence-electron chi connectivity index (χ1n) is 7.81. The first-order valence-corrected chi connectivity index (χ1v) is 7.81. The molecule has 1 fully saturated rings. The van der Waals surface area contributed by atoms with Crippen LogP contribution in [-0.2, 0) is 9.53 Å². The van der Waals surface area contributed by atoms with E-state index in [4.69, 9.17) is 4.74 Å². The Kier molecular flexibility index (Phi) is 4.04. The Labute approximate surface area is 140 Å². The molecule has 3 amide bonds. The van der Waals surface area contributed by atoms with Gasteiger partial charge in [0.25, 0.3) is 5.91 Å². The van der Waals surface area contributed by atoms with Crippen molar-refractivity contribution in [2.45, 2.75) is 33.0 Å². The van der Waals surface area contributed by atoms with Gasteiger partial charge in [0.15, 0.2) is 12.2 Å². The Morgan fingerprint density at radius 3 is 2.54 bits per heavy atom. The Bertz CT molecular complexity index is 725. The lowest BCUT2D eigenvalue weighted by molar-refractivity contribution is -0.127. The van der Waals surface area contributed by atoms with Gasteiger partial charge in [0, 0.05) is 26.4 Å². The van der Waals surface area contributed by atoms with Gasteiger partial charge in [0.2, 0.25) is 5.96 Å². The molecule has 0 spiro atoms. The van der Waals surface area contributed by atoms with E-state index < -0.39 is 18.2 Å². The number of aryl methyl sites for hydroxylation is 1. The summed E-state index contributed by atoms with van der Waals surface area (Å²) < 4.78 is 6.91. The van der Waals surface area contributed by atoms with Crippen molar-refractivity contribution in [2.75, 3.05) is 27.3 Å². The van der Waals surface area contributed by atoms with Crippen LogP contribution in [0.25, 0.3) is 0 Å². The zero-order chi connectivity index (χ0) is 17.6. The highest BCUT2D eigenvalue weighted by atomic mass is 16.5. The van der Waals surface area contributed by atoms with Gasteiger partial charge in [-0.15, -0.1) is 0 Å². The molecule has 1 aromatic rings. The smallest absolute Gasteiger partial charge is 0.325 e. The number of carbonyl (C=O) groups excluding carboxylic acids is 2. The van der Waals surface area contributed by atoms with E-state index >= 15 is 0 Å². The maximum absolute atomic E-state index is 12.4. The molecule has 9 nitrogen and oxygen atoms in total. The zero-order valence-electron chi connectivity index (χ0n) is 14.5. The third kappa shape index (κ3) is 2.35. The number of imide groups is 1. The van der Waals surface area contributed by atoms with Gasteiger partial charge in [0.1, 0.15) is 0 Å². The molecule has 0 bridgehead atoms. The SMILES string of the molecule is COCCN1C(n2nc(C)c(C)c2C)=NC2C1C(=O)NC(=O)N2C. The lowest BCUT2D eigenvalue weighted by Gasteiger charge is -2.36. The summed E-state index contributed by atoms with van der Waals surface area (Å²) in [5, 5.41) is 6.92. The van der Waals surface area contributed by atoms with Gasteiger partial charge in [-0.2, -0.15) is 5.10 Å². The third-order valence-corrected chi connectivity index (χ3v) is 4.72. The highest BCUT2D eigenvalue weighted by Gasteiger charge is 2.49. The number of urea groups is 1. The number of nitrogens with one attached hydrogen (secondary N) is 1. The maximum atomic E-state index is 12.4. The van der Waals surface area contributed by atoms with Crippen LogP contribution < -0.4 is 5.32 Å². The minimum absolute atomic E-state index is 0.351. The second kappa shape index (κ2) is 5.90. The third-order valence-electron chi connectivity index (χ3n) is 4.72. The molecule has 9 heteroatoms. The number of amides is 3. The number of rotatable bonds is 3. The van der Waals surface area contributed by atoms with Crippen LogP contribution >= 0.6 is 0 Å². The second-order valence-corrected chi connectivity index (χ2v) is 6.09. The zero-order valence-corrected chi connectivity index (χ0v) is 14.5. The summed E-state index contributed by atoms with van der Waals surface area (Å²) in [6.07, 6.45) is -0.567. The number of likely N-dealkylation sites (N-methyl/N-ethyl adjacent to an activating group) is 1. The van der Waals surface area contributed by atoms with Crippen molar-refractivity contribution in [1.82, 2.24) is 24.9 Å². The summed E-state index contributed by atoms with van der Waals surface area (Å²) in [6, 6.07) is -1.02. The molecule has 130 valence electrons. The Morgan fingerprint density at radius 2 is 1.96 bits per heavy atom. The van der Waals surface area contributed by atoms with Crippen molar-refractivity contribution in [2.24, 2.45) is 4.99 Å². The molecule has 2 atom stereocenters. The summed E-state index contributed by atoms with van der Waals surface area (Å²) >= 11 is 0. The molecule has 2 aliphatic rings. The van der Waals surface area contributed by atoms with E-state index in [0.717, 1.165) is 17.0 Å². The molecule has 24 heavy (non-hydrogen) atoms. The number of hydrogen-bond donors (Lipinski definition) is 1. The van der Waals surface area contributed by atoms with Crippen LogP contribution in [0.15, 0.2) is 4.99 Å². The summed E-state index contributed by atoms with van der Waals surface area (Å²) in [5.74, 6) is 0.212. The van der Waals surface area contributed by atoms with Gasteiger partial charge in [0.05, 0.1) is 12.3 Å². The van der Waals surface area contributed by atoms with Crippen LogP contribution in [-0.4, -0.2) is 77.0 Å². The number of fused-ring (bicyclic) bond motifs is 1. The van der Waals surface area contributed by atoms with Gasteiger partial charge in [-0.25, -0.2) is 14.5 Å². The summed E-state index contributed by atoms with van der Waals surface area (Å²) in [6.45, 7) is 6.81. The van der Waals surface area contributed by atoms with Gasteiger partial charge in [-0.3, -0.25) is 10.1 Å². The highest BCUT2D eigenvalue weighted by Crippen LogP contribution is 2.25. The first kappa shape index (κ1) is 16.4. The van der Waals surface area contributed by atoms with Crippen molar-refractivity contribution in [1.29, 1.82) is 0 Å². The quantitative estimate of drug-likeness (QED) is 0.830. The summed E-state index contributed by atoms with van der Waals surface area (Å²) in [7, 11) is 3.24. The molecule has 2 unspecified atom stereocenters. The van der Waals surface area contributed by atoms with E-state index in [-0.39, 0.29) is 5.91 Å². The van der Waals surface area contributed by atoms with E-state index in [2.05, 4.69) is 15.4 Å². The average molecular weight is 334 g/mol. The molecule has 2 aliphatic heterocycles. The van der Waals surface area contributed by atoms with E-state index in [1.54, 1.807) is 18.8 Å². The van der Waals surface area contributed by atoms with Crippen LogP contribution in [0.1, 0.15) is 17.0 Å². The van der Waals surface area contributed by atoms with Crippen LogP contribution in [0.5, 0.6) is 0 Å². The van der Waals surface area contributed by atoms with Crippen LogP contribution in [0.2, 0.25) is 0 Å². The van der Waals surface area contributed by atoms with E-state index in [1.807, 2.05) is 25.7 Å². The van der Waals surface area contributed by atoms with Gasteiger partial charge < -0.3 is 14.5 Å². The topological polar surface area (TPSA) is 92.1 Å². The Morgan fingerprint density at radius 1 is 1.25 bits per heavy atom. The fourth-order valence-electron chi connectivity index (χ4n) is 3.03. The van der Waals surface area contributed by atoms with E-state index in [9.17, 15) is 9.59 Å². The molecular formula is C15H22N6O3. The summed E-state index contributed by atoms with van der Waals surface area (Å²) in [4.78, 5) is 32.2.